The molecule has 1 aromatic rings. The van der Waals surface area contributed by atoms with E-state index in [-0.39, 0.29) is 18.1 Å². The molecule has 0 aliphatic carbocycles. The van der Waals surface area contributed by atoms with Gasteiger partial charge in [0, 0.05) is 6.42 Å². The number of hydrogen-bond acceptors (Lipinski definition) is 8. The Morgan fingerprint density at radius 3 is 1.82 bits per heavy atom. The van der Waals surface area contributed by atoms with Crippen molar-refractivity contribution in [2.75, 3.05) is 6.61 Å². The fourth-order valence-corrected chi connectivity index (χ4v) is 2.76. The van der Waals surface area contributed by atoms with E-state index in [0.29, 0.717) is 5.56 Å². The molecule has 188 valence electrons. The van der Waals surface area contributed by atoms with Crippen LogP contribution in [0.15, 0.2) is 24.3 Å². The van der Waals surface area contributed by atoms with Gasteiger partial charge in [0.2, 0.25) is 17.7 Å². The summed E-state index contributed by atoms with van der Waals surface area (Å²) in [6, 6.07) is 0.00816. The second-order valence-corrected chi connectivity index (χ2v) is 7.94. The van der Waals surface area contributed by atoms with Crippen LogP contribution < -0.4 is 21.7 Å². The molecule has 0 heterocycles. The van der Waals surface area contributed by atoms with Gasteiger partial charge < -0.3 is 42.1 Å². The van der Waals surface area contributed by atoms with Crippen molar-refractivity contribution >= 4 is 29.7 Å². The molecule has 9 N–H and O–H groups in total. The summed E-state index contributed by atoms with van der Waals surface area (Å²) in [7, 11) is 0. The number of carboxylic acid groups (broad SMARTS) is 2. The fourth-order valence-electron chi connectivity index (χ4n) is 2.76. The van der Waals surface area contributed by atoms with Gasteiger partial charge in [-0.25, -0.2) is 4.79 Å². The zero-order chi connectivity index (χ0) is 26.0. The smallest absolute Gasteiger partial charge is 0.326 e. The highest BCUT2D eigenvalue weighted by Crippen LogP contribution is 2.12. The first-order valence-corrected chi connectivity index (χ1v) is 10.4. The molecule has 0 saturated carbocycles. The minimum Gasteiger partial charge on any atom is -0.508 e. The van der Waals surface area contributed by atoms with Crippen LogP contribution >= 0.6 is 0 Å². The Morgan fingerprint density at radius 1 is 0.853 bits per heavy atom. The second-order valence-electron chi connectivity index (χ2n) is 7.94. The van der Waals surface area contributed by atoms with Crippen molar-refractivity contribution in [3.8, 4) is 5.75 Å². The van der Waals surface area contributed by atoms with Crippen LogP contribution in [0.5, 0.6) is 5.75 Å². The molecule has 1 rings (SSSR count). The van der Waals surface area contributed by atoms with Gasteiger partial charge in [-0.1, -0.05) is 26.0 Å². The number of aliphatic carboxylic acids is 2. The summed E-state index contributed by atoms with van der Waals surface area (Å²) in [4.78, 5) is 59.9. The molecule has 0 aliphatic heterocycles. The molecule has 3 amide bonds. The third-order valence-corrected chi connectivity index (χ3v) is 4.84. The monoisotopic (exact) mass is 482 g/mol. The number of hydrogen-bond donors (Lipinski definition) is 8. The molecule has 4 atom stereocenters. The van der Waals surface area contributed by atoms with Crippen LogP contribution in [0.4, 0.5) is 0 Å². The largest absolute Gasteiger partial charge is 0.508 e. The van der Waals surface area contributed by atoms with Crippen molar-refractivity contribution in [2.24, 2.45) is 11.7 Å². The van der Waals surface area contributed by atoms with E-state index >= 15 is 0 Å². The summed E-state index contributed by atoms with van der Waals surface area (Å²) >= 11 is 0. The quantitative estimate of drug-likeness (QED) is 0.153. The normalized spacial score (nSPS) is 14.4. The Labute approximate surface area is 195 Å². The van der Waals surface area contributed by atoms with Gasteiger partial charge in [0.05, 0.1) is 19.1 Å². The predicted molar refractivity (Wildman–Crippen MR) is 117 cm³/mol. The summed E-state index contributed by atoms with van der Waals surface area (Å²) in [5.74, 6) is -6.00. The number of rotatable bonds is 13. The molecule has 13 nitrogen and oxygen atoms in total. The van der Waals surface area contributed by atoms with E-state index in [1.807, 2.05) is 0 Å². The lowest BCUT2D eigenvalue weighted by molar-refractivity contribution is -0.147. The average molecular weight is 482 g/mol. The molecule has 0 aromatic heterocycles. The lowest BCUT2D eigenvalue weighted by Gasteiger charge is -2.25. The summed E-state index contributed by atoms with van der Waals surface area (Å²) in [5.41, 5.74) is 6.20. The van der Waals surface area contributed by atoms with E-state index in [0.717, 1.165) is 0 Å². The first-order valence-electron chi connectivity index (χ1n) is 10.4. The lowest BCUT2D eigenvalue weighted by Crippen LogP contribution is -2.59. The summed E-state index contributed by atoms with van der Waals surface area (Å²) in [6.45, 7) is 2.56. The van der Waals surface area contributed by atoms with E-state index in [1.165, 1.54) is 24.3 Å². The number of amides is 3. The van der Waals surface area contributed by atoms with E-state index in [1.54, 1.807) is 13.8 Å². The molecule has 0 aliphatic rings. The van der Waals surface area contributed by atoms with Crippen molar-refractivity contribution in [3.05, 3.63) is 29.8 Å². The van der Waals surface area contributed by atoms with Crippen molar-refractivity contribution in [2.45, 2.75) is 50.9 Å². The maximum absolute atomic E-state index is 12.8. The molecule has 0 fully saturated rings. The molecule has 0 radical (unpaired) electrons. The van der Waals surface area contributed by atoms with Gasteiger partial charge in [-0.2, -0.15) is 0 Å². The SMILES string of the molecule is CC(C)C(N)C(=O)NC(CO)C(=O)NC(Cc1ccc(O)cc1)C(=O)NC(CC(=O)O)C(=O)O. The van der Waals surface area contributed by atoms with E-state index in [4.69, 9.17) is 10.8 Å². The molecular weight excluding hydrogens is 452 g/mol. The molecular formula is C21H30N4O9. The Balaban J connectivity index is 3.08. The van der Waals surface area contributed by atoms with Gasteiger partial charge in [-0.3, -0.25) is 19.2 Å². The third kappa shape index (κ3) is 9.03. The Morgan fingerprint density at radius 2 is 1.35 bits per heavy atom. The van der Waals surface area contributed by atoms with Crippen molar-refractivity contribution in [1.82, 2.24) is 16.0 Å². The van der Waals surface area contributed by atoms with Crippen molar-refractivity contribution in [1.29, 1.82) is 0 Å². The van der Waals surface area contributed by atoms with Gasteiger partial charge in [-0.15, -0.1) is 0 Å². The maximum atomic E-state index is 12.8. The maximum Gasteiger partial charge on any atom is 0.326 e. The minimum absolute atomic E-state index is 0.0502. The van der Waals surface area contributed by atoms with Gasteiger partial charge in [-0.05, 0) is 23.6 Å². The van der Waals surface area contributed by atoms with Crippen LogP contribution in [0.2, 0.25) is 0 Å². The summed E-state index contributed by atoms with van der Waals surface area (Å²) in [6.07, 6.45) is -1.07. The number of benzene rings is 1. The molecule has 0 saturated heterocycles. The number of carbonyl (C=O) groups is 5. The van der Waals surface area contributed by atoms with Crippen LogP contribution in [0.3, 0.4) is 0 Å². The number of aliphatic hydroxyl groups excluding tert-OH is 1. The van der Waals surface area contributed by atoms with Crippen LogP contribution in [-0.2, 0) is 30.4 Å². The number of aliphatic hydroxyl groups is 1. The standard InChI is InChI=1S/C21H30N4O9/c1-10(2)17(22)20(32)25-15(9-26)19(31)23-13(7-11-3-5-12(27)6-4-11)18(30)24-14(21(33)34)8-16(28)29/h3-6,10,13-15,17,26-27H,7-9,22H2,1-2H3,(H,23,31)(H,24,30)(H,25,32)(H,28,29)(H,33,34). The highest BCUT2D eigenvalue weighted by atomic mass is 16.4. The number of aromatic hydroxyl groups is 1. The molecule has 13 heteroatoms. The van der Waals surface area contributed by atoms with Gasteiger partial charge in [0.25, 0.3) is 0 Å². The van der Waals surface area contributed by atoms with E-state index in [2.05, 4.69) is 16.0 Å². The van der Waals surface area contributed by atoms with Crippen LogP contribution in [0.1, 0.15) is 25.8 Å². The van der Waals surface area contributed by atoms with E-state index < -0.39 is 66.9 Å². The first-order chi connectivity index (χ1) is 15.8. The second kappa shape index (κ2) is 13.1. The number of nitrogens with two attached hydrogens (primary N) is 1. The predicted octanol–water partition coefficient (Wildman–Crippen LogP) is -2.08. The van der Waals surface area contributed by atoms with Crippen LogP contribution in [0.25, 0.3) is 0 Å². The third-order valence-electron chi connectivity index (χ3n) is 4.84. The minimum atomic E-state index is -1.76. The van der Waals surface area contributed by atoms with Gasteiger partial charge >= 0.3 is 11.9 Å². The van der Waals surface area contributed by atoms with Gasteiger partial charge in [0.15, 0.2) is 0 Å². The zero-order valence-electron chi connectivity index (χ0n) is 18.7. The molecule has 34 heavy (non-hydrogen) atoms. The topological polar surface area (TPSA) is 228 Å². The number of carbonyl (C=O) groups excluding carboxylic acids is 3. The number of nitrogens with one attached hydrogen (secondary N) is 3. The van der Waals surface area contributed by atoms with E-state index in [9.17, 15) is 39.3 Å². The Kier molecular flexibility index (Phi) is 10.9. The van der Waals surface area contributed by atoms with Crippen LogP contribution in [0, 0.1) is 5.92 Å². The lowest BCUT2D eigenvalue weighted by atomic mass is 10.0. The number of phenols is 1. The number of carboxylic acids is 2. The summed E-state index contributed by atoms with van der Waals surface area (Å²) < 4.78 is 0. The molecule has 4 unspecified atom stereocenters. The number of phenolic OH excluding ortho intramolecular Hbond substituents is 1. The first kappa shape index (κ1) is 28.3. The summed E-state index contributed by atoms with van der Waals surface area (Å²) in [5, 5.41) is 43.8. The van der Waals surface area contributed by atoms with Crippen molar-refractivity contribution in [3.63, 3.8) is 0 Å². The fraction of sp³-hybridized carbons (Fsp3) is 0.476. The molecule has 0 bridgehead atoms. The average Bonchev–Trinajstić information content (AvgIpc) is 2.76. The van der Waals surface area contributed by atoms with Gasteiger partial charge in [0.1, 0.15) is 23.9 Å². The molecule has 1 aromatic carbocycles. The highest BCUT2D eigenvalue weighted by Gasteiger charge is 2.31. The molecule has 0 spiro atoms. The highest BCUT2D eigenvalue weighted by molar-refractivity contribution is 5.94. The van der Waals surface area contributed by atoms with Crippen LogP contribution in [-0.4, -0.2) is 80.9 Å². The van der Waals surface area contributed by atoms with Crippen molar-refractivity contribution < 1.29 is 44.4 Å². The Bertz CT molecular complexity index is 889. The Hall–Kier alpha value is -3.71. The zero-order valence-corrected chi connectivity index (χ0v) is 18.7.